The van der Waals surface area contributed by atoms with Gasteiger partial charge in [0.05, 0.1) is 50.6 Å². The fourth-order valence-electron chi connectivity index (χ4n) is 13.4. The molecule has 82 heavy (non-hydrogen) atoms. The lowest BCUT2D eigenvalue weighted by Gasteiger charge is -2.39. The maximum absolute atomic E-state index is 13.6. The molecule has 0 radical (unpaired) electrons. The average Bonchev–Trinajstić information content (AvgIpc) is 3.28. The molecule has 11 heteroatoms. The van der Waals surface area contributed by atoms with E-state index in [-0.39, 0.29) is 30.2 Å². The zero-order valence-corrected chi connectivity index (χ0v) is 50.2. The number of aromatic carboxylic acids is 1. The summed E-state index contributed by atoms with van der Waals surface area (Å²) >= 11 is 0. The van der Waals surface area contributed by atoms with Crippen LogP contribution in [0.4, 0.5) is 5.69 Å². The number of carboxylic acids is 1. The number of hydrogen-bond donors (Lipinski definition) is 2. The number of nitrogens with zero attached hydrogens (tertiary/aromatic N) is 2. The number of benzene rings is 5. The zero-order chi connectivity index (χ0) is 57.2. The molecule has 2 unspecified atom stereocenters. The van der Waals surface area contributed by atoms with E-state index in [1.807, 2.05) is 6.07 Å². The smallest absolute Gasteiger partial charge is 0.336 e. The van der Waals surface area contributed by atoms with Crippen molar-refractivity contribution in [3.05, 3.63) is 139 Å². The molecule has 0 saturated carbocycles. The molecule has 5 aliphatic rings. The monoisotopic (exact) mass is 1110 g/mol. The van der Waals surface area contributed by atoms with Gasteiger partial charge in [-0.05, 0) is 188 Å². The van der Waals surface area contributed by atoms with Crippen LogP contribution in [0.15, 0.2) is 77.8 Å². The molecule has 5 aromatic carbocycles. The molecule has 1 amide bonds. The normalized spacial score (nSPS) is 16.8. The highest BCUT2D eigenvalue weighted by atomic mass is 16.6. The number of ether oxygens (including phenoxy) is 5. The van der Waals surface area contributed by atoms with Crippen molar-refractivity contribution >= 4 is 23.1 Å². The molecule has 2 atom stereocenters. The van der Waals surface area contributed by atoms with Crippen LogP contribution in [0.1, 0.15) is 177 Å². The van der Waals surface area contributed by atoms with Crippen LogP contribution in [0, 0.1) is 23.2 Å². The van der Waals surface area contributed by atoms with Crippen molar-refractivity contribution in [1.29, 1.82) is 0 Å². The number of nitrogens with one attached hydrogen (secondary N) is 1. The Balaban J connectivity index is 0.665. The Morgan fingerprint density at radius 3 is 2.27 bits per heavy atom. The van der Waals surface area contributed by atoms with Gasteiger partial charge in [0.15, 0.2) is 0 Å². The number of aryl methyl sites for hydroxylation is 3. The van der Waals surface area contributed by atoms with E-state index in [2.05, 4.69) is 106 Å². The van der Waals surface area contributed by atoms with Gasteiger partial charge in [-0.25, -0.2) is 4.79 Å². The molecule has 0 fully saturated rings. The molecule has 0 aromatic heterocycles. The van der Waals surface area contributed by atoms with Crippen LogP contribution in [0.2, 0.25) is 0 Å². The van der Waals surface area contributed by atoms with Crippen LogP contribution in [-0.4, -0.2) is 89.4 Å². The van der Waals surface area contributed by atoms with E-state index >= 15 is 0 Å². The summed E-state index contributed by atoms with van der Waals surface area (Å²) < 4.78 is 30.5. The zero-order valence-electron chi connectivity index (χ0n) is 50.2. The quantitative estimate of drug-likeness (QED) is 0.0510. The van der Waals surface area contributed by atoms with Gasteiger partial charge in [0.2, 0.25) is 0 Å². The van der Waals surface area contributed by atoms with E-state index < -0.39 is 5.97 Å². The molecular weight excluding hydrogens is 1020 g/mol. The lowest BCUT2D eigenvalue weighted by atomic mass is 9.74. The summed E-state index contributed by atoms with van der Waals surface area (Å²) in [6.07, 6.45) is 19.0. The van der Waals surface area contributed by atoms with Crippen molar-refractivity contribution in [3.8, 4) is 28.4 Å². The van der Waals surface area contributed by atoms with Crippen molar-refractivity contribution < 1.29 is 38.4 Å². The molecular formula is C71H91N3O8. The highest BCUT2D eigenvalue weighted by Crippen LogP contribution is 2.49. The minimum Gasteiger partial charge on any atom is -0.491 e. The van der Waals surface area contributed by atoms with Gasteiger partial charge in [-0.2, -0.15) is 0 Å². The molecule has 4 aliphatic heterocycles. The summed E-state index contributed by atoms with van der Waals surface area (Å²) in [5.74, 6) is 3.36. The molecule has 0 saturated heterocycles. The first kappa shape index (κ1) is 59.2. The molecule has 0 bridgehead atoms. The SMILES string of the molecule is CCCCc1cc2c(c3c1=NCCC3)Oc1c(cc3c4c1CCCN4CCC3)C=2c1ccc(C(=O)NCCOCCOCCOCCOc2ccc(-c3cccc4c3CCCC(CC(C)CCC(C)(C)C(C)C)CC4)cc2)cc1C(=O)O. The number of fused-ring (bicyclic) bond motifs is 6. The second-order valence-corrected chi connectivity index (χ2v) is 25.0. The van der Waals surface area contributed by atoms with Gasteiger partial charge >= 0.3 is 5.97 Å². The van der Waals surface area contributed by atoms with Gasteiger partial charge in [0.1, 0.15) is 23.9 Å². The van der Waals surface area contributed by atoms with Gasteiger partial charge in [0.25, 0.3) is 5.91 Å². The number of rotatable bonds is 26. The summed E-state index contributed by atoms with van der Waals surface area (Å²) in [4.78, 5) is 34.5. The van der Waals surface area contributed by atoms with Crippen LogP contribution < -0.4 is 30.3 Å². The fourth-order valence-corrected chi connectivity index (χ4v) is 13.4. The van der Waals surface area contributed by atoms with Gasteiger partial charge < -0.3 is 39.0 Å². The lowest BCUT2D eigenvalue weighted by Crippen LogP contribution is -2.36. The Morgan fingerprint density at radius 2 is 1.50 bits per heavy atom. The second kappa shape index (κ2) is 27.6. The van der Waals surface area contributed by atoms with Crippen molar-refractivity contribution in [2.75, 3.05) is 77.3 Å². The topological polar surface area (TPSA) is 128 Å². The first-order valence-corrected chi connectivity index (χ1v) is 31.5. The van der Waals surface area contributed by atoms with Crippen LogP contribution >= 0.6 is 0 Å². The fraction of sp³-hybridized carbons (Fsp3) is 0.535. The van der Waals surface area contributed by atoms with Crippen molar-refractivity contribution in [3.63, 3.8) is 0 Å². The number of amides is 1. The predicted molar refractivity (Wildman–Crippen MR) is 328 cm³/mol. The molecule has 0 spiro atoms. The maximum Gasteiger partial charge on any atom is 0.336 e. The molecule has 11 nitrogen and oxygen atoms in total. The average molecular weight is 1110 g/mol. The number of carboxylic acid groups (broad SMARTS) is 1. The standard InChI is InChI=1S/C71H91N3O8/c1-7-8-15-52-44-62-64(63-45-53-17-12-34-74-35-13-21-60(66(53)74)68(63)82-67(62)59-20-11-32-72-65(52)59)58-29-26-54(46-61(58)70(76)77)69(75)73-33-36-78-37-38-79-39-40-80-41-42-81-55-27-24-51(25-28-55)57-19-10-16-50-23-22-49(14-9-18-56(50)57)43-48(4)30-31-71(5,6)47(2)3/h10,16,19,24-29,44-49H,7-9,11-15,17-18,20-23,30-43H2,1-6H3,(H,73,75)(H,76,77). The van der Waals surface area contributed by atoms with Gasteiger partial charge in [-0.3, -0.25) is 9.79 Å². The lowest BCUT2D eigenvalue weighted by molar-refractivity contribution is 0.00988. The highest BCUT2D eigenvalue weighted by Gasteiger charge is 2.35. The first-order valence-electron chi connectivity index (χ1n) is 31.5. The Kier molecular flexibility index (Phi) is 19.9. The van der Waals surface area contributed by atoms with Gasteiger partial charge in [0, 0.05) is 64.9 Å². The number of unbranched alkanes of at least 4 members (excludes halogenated alkanes) is 1. The minimum atomic E-state index is -1.09. The van der Waals surface area contributed by atoms with Crippen molar-refractivity contribution in [2.45, 2.75) is 151 Å². The molecule has 5 aromatic rings. The van der Waals surface area contributed by atoms with Crippen LogP contribution in [0.5, 0.6) is 17.2 Å². The molecule has 1 aliphatic carbocycles. The number of hydrogen-bond acceptors (Lipinski definition) is 9. The first-order chi connectivity index (χ1) is 39.9. The highest BCUT2D eigenvalue weighted by molar-refractivity contribution is 6.03. The summed E-state index contributed by atoms with van der Waals surface area (Å²) in [6.45, 7) is 20.2. The minimum absolute atomic E-state index is 0.0824. The van der Waals surface area contributed by atoms with E-state index in [0.29, 0.717) is 50.6 Å². The molecule has 10 rings (SSSR count). The Labute approximate surface area is 488 Å². The van der Waals surface area contributed by atoms with E-state index in [9.17, 15) is 14.7 Å². The maximum atomic E-state index is 13.6. The second-order valence-electron chi connectivity index (χ2n) is 25.0. The summed E-state index contributed by atoms with van der Waals surface area (Å²) in [5.41, 5.74) is 14.9. The van der Waals surface area contributed by atoms with Crippen molar-refractivity contribution in [2.24, 2.45) is 28.2 Å². The Bertz CT molecular complexity index is 3180. The van der Waals surface area contributed by atoms with E-state index in [4.69, 9.17) is 28.7 Å². The van der Waals surface area contributed by atoms with E-state index in [0.717, 1.165) is 146 Å². The third kappa shape index (κ3) is 13.8. The van der Waals surface area contributed by atoms with Crippen LogP contribution in [-0.2, 0) is 52.7 Å². The molecule has 4 heterocycles. The third-order valence-corrected chi connectivity index (χ3v) is 18.7. The van der Waals surface area contributed by atoms with Crippen LogP contribution in [0.25, 0.3) is 16.7 Å². The Hall–Kier alpha value is -6.01. The summed E-state index contributed by atoms with van der Waals surface area (Å²) in [7, 11) is 0. The summed E-state index contributed by atoms with van der Waals surface area (Å²) in [6, 6.07) is 25.0. The van der Waals surface area contributed by atoms with Gasteiger partial charge in [-0.15, -0.1) is 0 Å². The van der Waals surface area contributed by atoms with Gasteiger partial charge in [-0.1, -0.05) is 97.2 Å². The predicted octanol–water partition coefficient (Wildman–Crippen LogP) is 13.2. The van der Waals surface area contributed by atoms with Crippen molar-refractivity contribution in [1.82, 2.24) is 5.32 Å². The number of carbonyl (C=O) groups excluding carboxylic acids is 1. The third-order valence-electron chi connectivity index (χ3n) is 18.7. The largest absolute Gasteiger partial charge is 0.491 e. The van der Waals surface area contributed by atoms with E-state index in [1.165, 1.54) is 95.6 Å². The van der Waals surface area contributed by atoms with Crippen LogP contribution in [0.3, 0.4) is 0 Å². The molecule has 438 valence electrons. The van der Waals surface area contributed by atoms with E-state index in [1.54, 1.807) is 6.07 Å². The number of carbonyl (C=O) groups is 2. The Morgan fingerprint density at radius 1 is 0.756 bits per heavy atom. The number of anilines is 1. The summed E-state index contributed by atoms with van der Waals surface area (Å²) in [5, 5.41) is 15.8. The molecule has 2 N–H and O–H groups in total.